The summed E-state index contributed by atoms with van der Waals surface area (Å²) in [4.78, 5) is 12.0. The highest BCUT2D eigenvalue weighted by Gasteiger charge is 2.14. The van der Waals surface area contributed by atoms with Gasteiger partial charge in [0.1, 0.15) is 11.4 Å². The van der Waals surface area contributed by atoms with Crippen molar-refractivity contribution < 1.29 is 4.79 Å². The quantitative estimate of drug-likeness (QED) is 0.835. The molecule has 5 heteroatoms. The molecule has 0 atom stereocenters. The van der Waals surface area contributed by atoms with Gasteiger partial charge in [0.2, 0.25) is 0 Å². The van der Waals surface area contributed by atoms with E-state index in [-0.39, 0.29) is 5.91 Å². The van der Waals surface area contributed by atoms with Crippen LogP contribution in [0.5, 0.6) is 0 Å². The second kappa shape index (κ2) is 5.73. The summed E-state index contributed by atoms with van der Waals surface area (Å²) in [7, 11) is 3.76. The maximum absolute atomic E-state index is 12.0. The van der Waals surface area contributed by atoms with Gasteiger partial charge in [-0.15, -0.1) is 0 Å². The Morgan fingerprint density at radius 2 is 2.21 bits per heavy atom. The number of rotatable bonds is 5. The highest BCUT2D eigenvalue weighted by molar-refractivity contribution is 5.93. The van der Waals surface area contributed by atoms with E-state index >= 15 is 0 Å². The van der Waals surface area contributed by atoms with Crippen LogP contribution in [0.15, 0.2) is 24.4 Å². The van der Waals surface area contributed by atoms with Crippen LogP contribution in [0.2, 0.25) is 0 Å². The number of carbonyl (C=O) groups excluding carboxylic acids is 1. The molecule has 5 nitrogen and oxygen atoms in total. The number of hydrogen-bond acceptors (Lipinski definition) is 2. The van der Waals surface area contributed by atoms with Crippen LogP contribution in [-0.2, 0) is 14.1 Å². The summed E-state index contributed by atoms with van der Waals surface area (Å²) in [6, 6.07) is 5.78. The van der Waals surface area contributed by atoms with Crippen LogP contribution in [0.25, 0.3) is 11.4 Å². The van der Waals surface area contributed by atoms with Gasteiger partial charge in [-0.2, -0.15) is 5.10 Å². The Hall–Kier alpha value is -2.04. The molecule has 2 heterocycles. The van der Waals surface area contributed by atoms with Crippen LogP contribution in [0.4, 0.5) is 0 Å². The number of aryl methyl sites for hydroxylation is 2. The van der Waals surface area contributed by atoms with Gasteiger partial charge in [-0.1, -0.05) is 13.3 Å². The molecule has 2 aromatic rings. The molecule has 0 aliphatic carbocycles. The monoisotopic (exact) mass is 260 g/mol. The minimum atomic E-state index is -0.0658. The van der Waals surface area contributed by atoms with Crippen LogP contribution in [0.1, 0.15) is 30.3 Å². The third kappa shape index (κ3) is 2.86. The van der Waals surface area contributed by atoms with E-state index in [2.05, 4.69) is 17.3 Å². The molecule has 0 radical (unpaired) electrons. The van der Waals surface area contributed by atoms with Crippen LogP contribution in [-0.4, -0.2) is 26.8 Å². The summed E-state index contributed by atoms with van der Waals surface area (Å²) in [5.41, 5.74) is 2.41. The Morgan fingerprint density at radius 3 is 2.84 bits per heavy atom. The Balaban J connectivity index is 2.17. The normalized spacial score (nSPS) is 10.7. The smallest absolute Gasteiger partial charge is 0.269 e. The Labute approximate surface area is 113 Å². The standard InChI is InChI=1S/C14H20N4O/c1-4-5-8-15-14(19)13-10-11(16-18(13)3)12-7-6-9-17(12)2/h6-7,9-10H,4-5,8H2,1-3H3,(H,15,19). The molecule has 19 heavy (non-hydrogen) atoms. The van der Waals surface area contributed by atoms with E-state index in [1.54, 1.807) is 11.7 Å². The van der Waals surface area contributed by atoms with Gasteiger partial charge in [0.15, 0.2) is 0 Å². The number of carbonyl (C=O) groups is 1. The maximum Gasteiger partial charge on any atom is 0.269 e. The van der Waals surface area contributed by atoms with Crippen LogP contribution in [0.3, 0.4) is 0 Å². The number of unbranched alkanes of at least 4 members (excludes halogenated alkanes) is 1. The molecule has 102 valence electrons. The lowest BCUT2D eigenvalue weighted by Gasteiger charge is -2.03. The van der Waals surface area contributed by atoms with Gasteiger partial charge in [-0.05, 0) is 24.6 Å². The molecule has 2 aromatic heterocycles. The number of nitrogens with one attached hydrogen (secondary N) is 1. The predicted molar refractivity (Wildman–Crippen MR) is 74.9 cm³/mol. The molecule has 2 rings (SSSR count). The average Bonchev–Trinajstić information content (AvgIpc) is 2.95. The molecular weight excluding hydrogens is 240 g/mol. The third-order valence-electron chi connectivity index (χ3n) is 3.13. The van der Waals surface area contributed by atoms with Gasteiger partial charge in [0, 0.05) is 26.8 Å². The average molecular weight is 260 g/mol. The molecule has 0 aliphatic heterocycles. The van der Waals surface area contributed by atoms with Crippen molar-refractivity contribution in [2.45, 2.75) is 19.8 Å². The van der Waals surface area contributed by atoms with Crippen LogP contribution < -0.4 is 5.32 Å². The Kier molecular flexibility index (Phi) is 4.04. The Morgan fingerprint density at radius 1 is 1.42 bits per heavy atom. The second-order valence-corrected chi connectivity index (χ2v) is 4.65. The molecule has 1 amide bonds. The second-order valence-electron chi connectivity index (χ2n) is 4.65. The van der Waals surface area contributed by atoms with E-state index < -0.39 is 0 Å². The molecule has 0 unspecified atom stereocenters. The lowest BCUT2D eigenvalue weighted by Crippen LogP contribution is -2.26. The number of nitrogens with zero attached hydrogens (tertiary/aromatic N) is 3. The highest BCUT2D eigenvalue weighted by atomic mass is 16.2. The predicted octanol–water partition coefficient (Wildman–Crippen LogP) is 1.96. The first-order valence-electron chi connectivity index (χ1n) is 6.57. The van der Waals surface area contributed by atoms with E-state index in [1.165, 1.54) is 0 Å². The summed E-state index contributed by atoms with van der Waals surface area (Å²) in [5, 5.41) is 7.31. The minimum Gasteiger partial charge on any atom is -0.351 e. The van der Waals surface area contributed by atoms with Gasteiger partial charge >= 0.3 is 0 Å². The van der Waals surface area contributed by atoms with Crippen molar-refractivity contribution in [2.75, 3.05) is 6.54 Å². The van der Waals surface area contributed by atoms with Gasteiger partial charge in [0.25, 0.3) is 5.91 Å². The van der Waals surface area contributed by atoms with E-state index in [9.17, 15) is 4.79 Å². The fraction of sp³-hybridized carbons (Fsp3) is 0.429. The summed E-state index contributed by atoms with van der Waals surface area (Å²) >= 11 is 0. The first-order valence-corrected chi connectivity index (χ1v) is 6.57. The van der Waals surface area contributed by atoms with E-state index in [1.807, 2.05) is 36.0 Å². The van der Waals surface area contributed by atoms with Gasteiger partial charge < -0.3 is 9.88 Å². The molecule has 0 fully saturated rings. The van der Waals surface area contributed by atoms with Crippen LogP contribution in [0, 0.1) is 0 Å². The molecular formula is C14H20N4O. The van der Waals surface area contributed by atoms with Crippen molar-refractivity contribution in [1.82, 2.24) is 19.7 Å². The largest absolute Gasteiger partial charge is 0.351 e. The first kappa shape index (κ1) is 13.4. The topological polar surface area (TPSA) is 51.9 Å². The molecule has 1 N–H and O–H groups in total. The highest BCUT2D eigenvalue weighted by Crippen LogP contribution is 2.18. The van der Waals surface area contributed by atoms with Crippen LogP contribution >= 0.6 is 0 Å². The molecule has 0 aliphatic rings. The van der Waals surface area contributed by atoms with Crippen molar-refractivity contribution in [3.63, 3.8) is 0 Å². The summed E-state index contributed by atoms with van der Waals surface area (Å²) in [6.07, 6.45) is 4.03. The van der Waals surface area contributed by atoms with Crippen molar-refractivity contribution in [2.24, 2.45) is 14.1 Å². The summed E-state index contributed by atoms with van der Waals surface area (Å²) in [5.74, 6) is -0.0658. The maximum atomic E-state index is 12.0. The van der Waals surface area contributed by atoms with E-state index in [0.717, 1.165) is 24.2 Å². The van der Waals surface area contributed by atoms with Gasteiger partial charge in [-0.25, -0.2) is 0 Å². The van der Waals surface area contributed by atoms with Crippen molar-refractivity contribution >= 4 is 5.91 Å². The number of aromatic nitrogens is 3. The molecule has 0 spiro atoms. The van der Waals surface area contributed by atoms with Gasteiger partial charge in [-0.3, -0.25) is 9.48 Å². The molecule has 0 bridgehead atoms. The van der Waals surface area contributed by atoms with Crippen molar-refractivity contribution in [3.05, 3.63) is 30.1 Å². The third-order valence-corrected chi connectivity index (χ3v) is 3.13. The molecule has 0 saturated heterocycles. The zero-order chi connectivity index (χ0) is 13.8. The number of amides is 1. The molecule has 0 saturated carbocycles. The lowest BCUT2D eigenvalue weighted by molar-refractivity contribution is 0.0944. The summed E-state index contributed by atoms with van der Waals surface area (Å²) in [6.45, 7) is 2.81. The van der Waals surface area contributed by atoms with E-state index in [0.29, 0.717) is 12.2 Å². The minimum absolute atomic E-state index is 0.0658. The Bertz CT molecular complexity index is 568. The zero-order valence-electron chi connectivity index (χ0n) is 11.7. The summed E-state index contributed by atoms with van der Waals surface area (Å²) < 4.78 is 3.62. The SMILES string of the molecule is CCCCNC(=O)c1cc(-c2cccn2C)nn1C. The van der Waals surface area contributed by atoms with Crippen molar-refractivity contribution in [3.8, 4) is 11.4 Å². The zero-order valence-corrected chi connectivity index (χ0v) is 11.7. The first-order chi connectivity index (χ1) is 9.13. The van der Waals surface area contributed by atoms with Gasteiger partial charge in [0.05, 0.1) is 5.69 Å². The van der Waals surface area contributed by atoms with E-state index in [4.69, 9.17) is 0 Å². The fourth-order valence-corrected chi connectivity index (χ4v) is 2.00. The number of hydrogen-bond donors (Lipinski definition) is 1. The fourth-order valence-electron chi connectivity index (χ4n) is 2.00. The van der Waals surface area contributed by atoms with Crippen molar-refractivity contribution in [1.29, 1.82) is 0 Å². The molecule has 0 aromatic carbocycles. The lowest BCUT2D eigenvalue weighted by atomic mass is 10.2.